The molecule has 104 valence electrons. The zero-order valence-corrected chi connectivity index (χ0v) is 11.3. The van der Waals surface area contributed by atoms with E-state index in [4.69, 9.17) is 9.47 Å². The first-order valence-electron chi connectivity index (χ1n) is 6.65. The molecule has 0 bridgehead atoms. The number of hydrogen-bond acceptors (Lipinski definition) is 5. The van der Waals surface area contributed by atoms with Crippen molar-refractivity contribution < 1.29 is 14.3 Å². The normalized spacial score (nSPS) is 14.0. The molecule has 1 fully saturated rings. The number of carbonyl (C=O) groups is 1. The third kappa shape index (κ3) is 4.08. The Balaban J connectivity index is 2.05. The van der Waals surface area contributed by atoms with Gasteiger partial charge in [-0.15, -0.1) is 0 Å². The van der Waals surface area contributed by atoms with E-state index >= 15 is 0 Å². The van der Waals surface area contributed by atoms with Crippen LogP contribution in [0.1, 0.15) is 33.1 Å². The Morgan fingerprint density at radius 1 is 1.37 bits per heavy atom. The lowest BCUT2D eigenvalue weighted by molar-refractivity contribution is -0.116. The van der Waals surface area contributed by atoms with Crippen LogP contribution in [0.25, 0.3) is 0 Å². The van der Waals surface area contributed by atoms with E-state index in [1.807, 2.05) is 13.8 Å². The van der Waals surface area contributed by atoms with Crippen LogP contribution in [-0.4, -0.2) is 29.1 Å². The molecule has 1 aliphatic carbocycles. The van der Waals surface area contributed by atoms with E-state index in [2.05, 4.69) is 15.3 Å². The monoisotopic (exact) mass is 265 g/mol. The van der Waals surface area contributed by atoms with Crippen molar-refractivity contribution in [1.82, 2.24) is 9.97 Å². The Kier molecular flexibility index (Phi) is 4.54. The van der Waals surface area contributed by atoms with Gasteiger partial charge in [0.2, 0.25) is 11.8 Å². The SMILES string of the molecule is CCOc1ncc(NC(=O)CC2CC2)c(OCC)n1. The highest BCUT2D eigenvalue weighted by Crippen LogP contribution is 2.33. The summed E-state index contributed by atoms with van der Waals surface area (Å²) in [6, 6.07) is 0.256. The summed E-state index contributed by atoms with van der Waals surface area (Å²) < 4.78 is 10.6. The Morgan fingerprint density at radius 2 is 2.11 bits per heavy atom. The highest BCUT2D eigenvalue weighted by molar-refractivity contribution is 5.92. The molecule has 0 saturated heterocycles. The van der Waals surface area contributed by atoms with E-state index in [0.29, 0.717) is 37.1 Å². The molecule has 1 saturated carbocycles. The number of amides is 1. The molecule has 6 heteroatoms. The van der Waals surface area contributed by atoms with Crippen molar-refractivity contribution in [1.29, 1.82) is 0 Å². The van der Waals surface area contributed by atoms with Gasteiger partial charge in [-0.05, 0) is 32.6 Å². The summed E-state index contributed by atoms with van der Waals surface area (Å²) in [5.74, 6) is 0.875. The predicted octanol–water partition coefficient (Wildman–Crippen LogP) is 2.01. The van der Waals surface area contributed by atoms with Gasteiger partial charge in [-0.1, -0.05) is 0 Å². The quantitative estimate of drug-likeness (QED) is 0.816. The minimum atomic E-state index is -0.0174. The molecule has 6 nitrogen and oxygen atoms in total. The minimum absolute atomic E-state index is 0.0174. The van der Waals surface area contributed by atoms with E-state index in [0.717, 1.165) is 12.8 Å². The van der Waals surface area contributed by atoms with Gasteiger partial charge in [0.15, 0.2) is 0 Å². The second-order valence-corrected chi connectivity index (χ2v) is 4.43. The summed E-state index contributed by atoms with van der Waals surface area (Å²) in [7, 11) is 0. The molecule has 0 atom stereocenters. The fraction of sp³-hybridized carbons (Fsp3) is 0.615. The largest absolute Gasteiger partial charge is 0.476 e. The maximum atomic E-state index is 11.8. The summed E-state index contributed by atoms with van der Waals surface area (Å²) >= 11 is 0. The van der Waals surface area contributed by atoms with Gasteiger partial charge in [-0.3, -0.25) is 4.79 Å². The number of ether oxygens (including phenoxy) is 2. The number of nitrogens with zero attached hydrogens (tertiary/aromatic N) is 2. The maximum Gasteiger partial charge on any atom is 0.319 e. The third-order valence-corrected chi connectivity index (χ3v) is 2.73. The standard InChI is InChI=1S/C13H19N3O3/c1-3-18-12-10(8-14-13(16-12)19-4-2)15-11(17)7-9-5-6-9/h8-9H,3-7H2,1-2H3,(H,15,17). The summed E-state index contributed by atoms with van der Waals surface area (Å²) in [6.07, 6.45) is 4.36. The molecule has 0 radical (unpaired) electrons. The topological polar surface area (TPSA) is 73.3 Å². The van der Waals surface area contributed by atoms with Gasteiger partial charge in [0, 0.05) is 6.42 Å². The lowest BCUT2D eigenvalue weighted by Gasteiger charge is -2.11. The van der Waals surface area contributed by atoms with E-state index in [-0.39, 0.29) is 11.9 Å². The van der Waals surface area contributed by atoms with Crippen LogP contribution in [0.4, 0.5) is 5.69 Å². The van der Waals surface area contributed by atoms with Crippen molar-refractivity contribution in [2.24, 2.45) is 5.92 Å². The number of anilines is 1. The Labute approximate surface area is 112 Å². The van der Waals surface area contributed by atoms with Crippen molar-refractivity contribution >= 4 is 11.6 Å². The lowest BCUT2D eigenvalue weighted by Crippen LogP contribution is -2.14. The smallest absolute Gasteiger partial charge is 0.319 e. The molecule has 1 aromatic heterocycles. The molecule has 1 amide bonds. The lowest BCUT2D eigenvalue weighted by atomic mass is 10.3. The van der Waals surface area contributed by atoms with Crippen molar-refractivity contribution in [3.8, 4) is 11.9 Å². The molecular formula is C13H19N3O3. The first-order valence-corrected chi connectivity index (χ1v) is 6.65. The average molecular weight is 265 g/mol. The Hall–Kier alpha value is -1.85. The molecule has 1 N–H and O–H groups in total. The average Bonchev–Trinajstić information content (AvgIpc) is 3.17. The summed E-state index contributed by atoms with van der Waals surface area (Å²) in [6.45, 7) is 4.67. The van der Waals surface area contributed by atoms with Crippen LogP contribution in [0.3, 0.4) is 0 Å². The first-order chi connectivity index (χ1) is 9.22. The van der Waals surface area contributed by atoms with E-state index < -0.39 is 0 Å². The van der Waals surface area contributed by atoms with Gasteiger partial charge in [-0.25, -0.2) is 4.98 Å². The zero-order valence-electron chi connectivity index (χ0n) is 11.3. The number of nitrogens with one attached hydrogen (secondary N) is 1. The minimum Gasteiger partial charge on any atom is -0.476 e. The van der Waals surface area contributed by atoms with Gasteiger partial charge in [0.1, 0.15) is 5.69 Å². The molecule has 0 unspecified atom stereocenters. The van der Waals surface area contributed by atoms with Crippen LogP contribution < -0.4 is 14.8 Å². The predicted molar refractivity (Wildman–Crippen MR) is 70.3 cm³/mol. The number of hydrogen-bond donors (Lipinski definition) is 1. The molecule has 19 heavy (non-hydrogen) atoms. The fourth-order valence-electron chi connectivity index (χ4n) is 1.67. The van der Waals surface area contributed by atoms with Crippen LogP contribution in [0, 0.1) is 5.92 Å². The summed E-state index contributed by atoms with van der Waals surface area (Å²) in [5.41, 5.74) is 0.496. The van der Waals surface area contributed by atoms with Crippen molar-refractivity contribution in [2.75, 3.05) is 18.5 Å². The highest BCUT2D eigenvalue weighted by atomic mass is 16.5. The molecule has 1 aromatic rings. The number of rotatable bonds is 7. The molecule has 0 aromatic carbocycles. The third-order valence-electron chi connectivity index (χ3n) is 2.73. The van der Waals surface area contributed by atoms with E-state index in [9.17, 15) is 4.79 Å². The van der Waals surface area contributed by atoms with Crippen LogP contribution in [0.15, 0.2) is 6.20 Å². The van der Waals surface area contributed by atoms with Crippen molar-refractivity contribution in [3.63, 3.8) is 0 Å². The first kappa shape index (κ1) is 13.6. The molecule has 0 aliphatic heterocycles. The molecule has 0 spiro atoms. The second kappa shape index (κ2) is 6.36. The Bertz CT molecular complexity index is 447. The van der Waals surface area contributed by atoms with Gasteiger partial charge >= 0.3 is 6.01 Å². The van der Waals surface area contributed by atoms with Gasteiger partial charge in [-0.2, -0.15) is 4.98 Å². The van der Waals surface area contributed by atoms with Gasteiger partial charge < -0.3 is 14.8 Å². The number of carbonyl (C=O) groups excluding carboxylic acids is 1. The van der Waals surface area contributed by atoms with Crippen LogP contribution in [0.5, 0.6) is 11.9 Å². The molecule has 1 aliphatic rings. The zero-order chi connectivity index (χ0) is 13.7. The fourth-order valence-corrected chi connectivity index (χ4v) is 1.67. The summed E-state index contributed by atoms with van der Waals surface area (Å²) in [5, 5.41) is 2.79. The van der Waals surface area contributed by atoms with Crippen molar-refractivity contribution in [2.45, 2.75) is 33.1 Å². The molecule has 2 rings (SSSR count). The van der Waals surface area contributed by atoms with Crippen LogP contribution >= 0.6 is 0 Å². The van der Waals surface area contributed by atoms with E-state index in [1.165, 1.54) is 6.20 Å². The summed E-state index contributed by atoms with van der Waals surface area (Å²) in [4.78, 5) is 19.9. The maximum absolute atomic E-state index is 11.8. The van der Waals surface area contributed by atoms with Crippen molar-refractivity contribution in [3.05, 3.63) is 6.20 Å². The highest BCUT2D eigenvalue weighted by Gasteiger charge is 2.25. The number of aromatic nitrogens is 2. The Morgan fingerprint density at radius 3 is 2.74 bits per heavy atom. The van der Waals surface area contributed by atoms with Crippen LogP contribution in [0.2, 0.25) is 0 Å². The second-order valence-electron chi connectivity index (χ2n) is 4.43. The van der Waals surface area contributed by atoms with E-state index in [1.54, 1.807) is 0 Å². The molecular weight excluding hydrogens is 246 g/mol. The van der Waals surface area contributed by atoms with Crippen LogP contribution in [-0.2, 0) is 4.79 Å². The molecule has 1 heterocycles. The van der Waals surface area contributed by atoms with Gasteiger partial charge in [0.25, 0.3) is 0 Å². The van der Waals surface area contributed by atoms with Gasteiger partial charge in [0.05, 0.1) is 19.4 Å².